The number of rotatable bonds is 5. The van der Waals surface area contributed by atoms with Crippen molar-refractivity contribution in [3.8, 4) is 0 Å². The van der Waals surface area contributed by atoms with E-state index in [-0.39, 0.29) is 5.41 Å². The molecule has 0 spiro atoms. The Morgan fingerprint density at radius 1 is 1.47 bits per heavy atom. The molecule has 0 aliphatic carbocycles. The van der Waals surface area contributed by atoms with Crippen LogP contribution in [0.1, 0.15) is 33.6 Å². The Kier molecular flexibility index (Phi) is 5.80. The van der Waals surface area contributed by atoms with Gasteiger partial charge in [-0.1, -0.05) is 32.5 Å². The van der Waals surface area contributed by atoms with E-state index in [9.17, 15) is 0 Å². The second-order valence-corrected chi connectivity index (χ2v) is 6.99. The molecule has 1 heterocycles. The minimum absolute atomic E-state index is 0.248. The summed E-state index contributed by atoms with van der Waals surface area (Å²) in [7, 11) is 4.24. The Morgan fingerprint density at radius 3 is 2.76 bits per heavy atom. The van der Waals surface area contributed by atoms with Gasteiger partial charge in [0.1, 0.15) is 0 Å². The van der Waals surface area contributed by atoms with E-state index in [4.69, 9.17) is 4.99 Å². The van der Waals surface area contributed by atoms with E-state index in [1.54, 1.807) is 0 Å². The largest absolute Gasteiger partial charge is 0.362 e. The van der Waals surface area contributed by atoms with Crippen molar-refractivity contribution in [3.05, 3.63) is 0 Å². The fourth-order valence-corrected chi connectivity index (χ4v) is 3.18. The lowest BCUT2D eigenvalue weighted by molar-refractivity contribution is 0.249. The van der Waals surface area contributed by atoms with Gasteiger partial charge in [0.25, 0.3) is 0 Å². The highest BCUT2D eigenvalue weighted by Crippen LogP contribution is 2.20. The standard InChI is InChI=1S/C13H27N3S/c1-6-11-7-8-17-12(15-11)14-9-13(2,3)10-16(4)5/h11H,6-10H2,1-5H3,(H,14,15). The zero-order valence-electron chi connectivity index (χ0n) is 11.9. The summed E-state index contributed by atoms with van der Waals surface area (Å²) in [5, 5.41) is 4.68. The third kappa shape index (κ3) is 5.77. The maximum atomic E-state index is 4.75. The van der Waals surface area contributed by atoms with Crippen LogP contribution in [0, 0.1) is 5.41 Å². The van der Waals surface area contributed by atoms with Gasteiger partial charge < -0.3 is 10.2 Å². The van der Waals surface area contributed by atoms with Gasteiger partial charge in [-0.25, -0.2) is 0 Å². The molecule has 0 aromatic heterocycles. The molecule has 0 saturated carbocycles. The van der Waals surface area contributed by atoms with Crippen molar-refractivity contribution in [2.45, 2.75) is 39.7 Å². The second-order valence-electron chi connectivity index (χ2n) is 5.91. The molecule has 0 radical (unpaired) electrons. The topological polar surface area (TPSA) is 27.6 Å². The molecule has 17 heavy (non-hydrogen) atoms. The Bertz CT molecular complexity index is 261. The quantitative estimate of drug-likeness (QED) is 0.820. The lowest BCUT2D eigenvalue weighted by atomic mass is 9.93. The van der Waals surface area contributed by atoms with Gasteiger partial charge in [-0.15, -0.1) is 0 Å². The summed E-state index contributed by atoms with van der Waals surface area (Å²) < 4.78 is 0. The normalized spacial score (nSPS) is 24.1. The molecule has 1 N–H and O–H groups in total. The van der Waals surface area contributed by atoms with Crippen LogP contribution in [0.3, 0.4) is 0 Å². The zero-order valence-corrected chi connectivity index (χ0v) is 12.7. The van der Waals surface area contributed by atoms with E-state index < -0.39 is 0 Å². The first kappa shape index (κ1) is 14.8. The molecule has 1 unspecified atom stereocenters. The highest BCUT2D eigenvalue weighted by atomic mass is 32.2. The zero-order chi connectivity index (χ0) is 12.9. The molecule has 1 rings (SSSR count). The Hall–Kier alpha value is -0.220. The van der Waals surface area contributed by atoms with Crippen LogP contribution in [0.15, 0.2) is 4.99 Å². The van der Waals surface area contributed by atoms with Gasteiger partial charge in [0.2, 0.25) is 0 Å². The van der Waals surface area contributed by atoms with E-state index in [1.165, 1.54) is 18.6 Å². The number of nitrogens with zero attached hydrogens (tertiary/aromatic N) is 2. The molecule has 0 amide bonds. The van der Waals surface area contributed by atoms with Crippen LogP contribution >= 0.6 is 11.8 Å². The van der Waals surface area contributed by atoms with Crippen molar-refractivity contribution in [1.29, 1.82) is 0 Å². The molecule has 1 saturated heterocycles. The average molecular weight is 257 g/mol. The predicted molar refractivity (Wildman–Crippen MR) is 78.9 cm³/mol. The van der Waals surface area contributed by atoms with Crippen LogP contribution in [0.5, 0.6) is 0 Å². The number of hydrogen-bond acceptors (Lipinski definition) is 3. The van der Waals surface area contributed by atoms with Gasteiger partial charge in [0.15, 0.2) is 5.17 Å². The predicted octanol–water partition coefficient (Wildman–Crippen LogP) is 2.44. The van der Waals surface area contributed by atoms with Crippen molar-refractivity contribution in [1.82, 2.24) is 10.2 Å². The first-order valence-corrected chi connectivity index (χ1v) is 7.50. The van der Waals surface area contributed by atoms with Gasteiger partial charge >= 0.3 is 0 Å². The number of hydrogen-bond donors (Lipinski definition) is 1. The van der Waals surface area contributed by atoms with Crippen LogP contribution < -0.4 is 5.32 Å². The van der Waals surface area contributed by atoms with Crippen LogP contribution in [-0.2, 0) is 0 Å². The van der Waals surface area contributed by atoms with Crippen LogP contribution in [0.25, 0.3) is 0 Å². The Labute approximate surface area is 110 Å². The van der Waals surface area contributed by atoms with Gasteiger partial charge in [0.05, 0.1) is 0 Å². The fourth-order valence-electron chi connectivity index (χ4n) is 2.18. The SMILES string of the molecule is CCC1CCSC(=NCC(C)(C)CN(C)C)N1. The maximum absolute atomic E-state index is 4.75. The van der Waals surface area contributed by atoms with E-state index in [1.807, 2.05) is 11.8 Å². The number of amidine groups is 1. The van der Waals surface area contributed by atoms with Gasteiger partial charge in [-0.05, 0) is 32.4 Å². The van der Waals surface area contributed by atoms with E-state index in [2.05, 4.69) is 45.1 Å². The van der Waals surface area contributed by atoms with Crippen molar-refractivity contribution in [2.24, 2.45) is 10.4 Å². The minimum Gasteiger partial charge on any atom is -0.362 e. The molecule has 1 aliphatic heterocycles. The first-order valence-electron chi connectivity index (χ1n) is 6.51. The first-order chi connectivity index (χ1) is 7.93. The molecule has 0 aromatic carbocycles. The smallest absolute Gasteiger partial charge is 0.156 e. The monoisotopic (exact) mass is 257 g/mol. The lowest BCUT2D eigenvalue weighted by Gasteiger charge is -2.28. The maximum Gasteiger partial charge on any atom is 0.156 e. The third-order valence-electron chi connectivity index (χ3n) is 2.92. The van der Waals surface area contributed by atoms with Crippen molar-refractivity contribution < 1.29 is 0 Å². The van der Waals surface area contributed by atoms with Crippen LogP contribution in [-0.4, -0.2) is 49.0 Å². The highest BCUT2D eigenvalue weighted by Gasteiger charge is 2.20. The average Bonchev–Trinajstić information content (AvgIpc) is 2.25. The van der Waals surface area contributed by atoms with Crippen molar-refractivity contribution in [2.75, 3.05) is 32.9 Å². The molecule has 1 aliphatic rings. The molecule has 3 nitrogen and oxygen atoms in total. The van der Waals surface area contributed by atoms with Crippen LogP contribution in [0.4, 0.5) is 0 Å². The summed E-state index contributed by atoms with van der Waals surface area (Å²) in [5.41, 5.74) is 0.248. The molecule has 0 aromatic rings. The fraction of sp³-hybridized carbons (Fsp3) is 0.923. The van der Waals surface area contributed by atoms with Gasteiger partial charge in [-0.2, -0.15) is 0 Å². The minimum atomic E-state index is 0.248. The highest BCUT2D eigenvalue weighted by molar-refractivity contribution is 8.13. The molecule has 1 atom stereocenters. The molecule has 100 valence electrons. The third-order valence-corrected chi connectivity index (χ3v) is 3.88. The molecule has 1 fully saturated rings. The Morgan fingerprint density at radius 2 is 2.18 bits per heavy atom. The van der Waals surface area contributed by atoms with Gasteiger partial charge in [0, 0.05) is 24.9 Å². The summed E-state index contributed by atoms with van der Waals surface area (Å²) in [6.07, 6.45) is 2.46. The molecule has 4 heteroatoms. The number of aliphatic imine (C=N–C) groups is 1. The second kappa shape index (κ2) is 6.64. The van der Waals surface area contributed by atoms with Crippen molar-refractivity contribution >= 4 is 16.9 Å². The number of nitrogens with one attached hydrogen (secondary N) is 1. The molecular formula is C13H27N3S. The summed E-state index contributed by atoms with van der Waals surface area (Å²) in [4.78, 5) is 6.98. The molecule has 0 bridgehead atoms. The summed E-state index contributed by atoms with van der Waals surface area (Å²) in [6, 6.07) is 0.631. The Balaban J connectivity index is 2.46. The van der Waals surface area contributed by atoms with E-state index in [0.29, 0.717) is 6.04 Å². The summed E-state index contributed by atoms with van der Waals surface area (Å²) in [5.74, 6) is 1.21. The summed E-state index contributed by atoms with van der Waals surface area (Å²) >= 11 is 1.87. The van der Waals surface area contributed by atoms with E-state index in [0.717, 1.165) is 18.3 Å². The van der Waals surface area contributed by atoms with E-state index >= 15 is 0 Å². The summed E-state index contributed by atoms with van der Waals surface area (Å²) in [6.45, 7) is 8.77. The van der Waals surface area contributed by atoms with Crippen LogP contribution in [0.2, 0.25) is 0 Å². The van der Waals surface area contributed by atoms with Crippen molar-refractivity contribution in [3.63, 3.8) is 0 Å². The van der Waals surface area contributed by atoms with Gasteiger partial charge in [-0.3, -0.25) is 4.99 Å². The molecular weight excluding hydrogens is 230 g/mol. The number of thioether (sulfide) groups is 1. The lowest BCUT2D eigenvalue weighted by Crippen LogP contribution is -2.38.